The molecule has 1 aromatic rings. The lowest BCUT2D eigenvalue weighted by atomic mass is 10.1. The van der Waals surface area contributed by atoms with E-state index in [0.29, 0.717) is 19.0 Å². The lowest BCUT2D eigenvalue weighted by Gasteiger charge is -2.16. The van der Waals surface area contributed by atoms with Crippen LogP contribution in [0.2, 0.25) is 0 Å². The number of hydrogen-bond acceptors (Lipinski definition) is 3. The molecule has 0 radical (unpaired) electrons. The molecule has 0 aliphatic heterocycles. The number of aryl methyl sites for hydroxylation is 2. The molecule has 1 heterocycles. The van der Waals surface area contributed by atoms with Crippen molar-refractivity contribution in [3.8, 4) is 0 Å². The van der Waals surface area contributed by atoms with Crippen molar-refractivity contribution < 1.29 is 9.90 Å². The SMILES string of the molecule is Cc1cc(C)n(CC(C)CNC(=O)NCC2(CO)CC2)n1. The minimum Gasteiger partial charge on any atom is -0.396 e. The first-order valence-corrected chi connectivity index (χ1v) is 7.58. The predicted octanol–water partition coefficient (Wildman–Crippen LogP) is 1.21. The van der Waals surface area contributed by atoms with Crippen LogP contribution in [0.5, 0.6) is 0 Å². The number of carbonyl (C=O) groups excluding carboxylic acids is 1. The van der Waals surface area contributed by atoms with Crippen molar-refractivity contribution in [2.45, 2.75) is 40.2 Å². The van der Waals surface area contributed by atoms with Crippen LogP contribution in [0.25, 0.3) is 0 Å². The molecule has 0 spiro atoms. The molecule has 21 heavy (non-hydrogen) atoms. The van der Waals surface area contributed by atoms with E-state index in [1.807, 2.05) is 18.5 Å². The third-order valence-electron chi connectivity index (χ3n) is 4.12. The third-order valence-corrected chi connectivity index (χ3v) is 4.12. The molecule has 6 heteroatoms. The van der Waals surface area contributed by atoms with Crippen LogP contribution in [-0.2, 0) is 6.54 Å². The van der Waals surface area contributed by atoms with Gasteiger partial charge in [0.05, 0.1) is 12.3 Å². The highest BCUT2D eigenvalue weighted by molar-refractivity contribution is 5.73. The van der Waals surface area contributed by atoms with Gasteiger partial charge in [0, 0.05) is 30.7 Å². The van der Waals surface area contributed by atoms with Crippen molar-refractivity contribution in [1.29, 1.82) is 0 Å². The van der Waals surface area contributed by atoms with E-state index in [0.717, 1.165) is 30.8 Å². The minimum absolute atomic E-state index is 0.0490. The molecule has 1 aliphatic rings. The van der Waals surface area contributed by atoms with Gasteiger partial charge >= 0.3 is 6.03 Å². The summed E-state index contributed by atoms with van der Waals surface area (Å²) >= 11 is 0. The Balaban J connectivity index is 1.67. The maximum absolute atomic E-state index is 11.7. The number of hydrogen-bond donors (Lipinski definition) is 3. The Morgan fingerprint density at radius 2 is 2.19 bits per heavy atom. The quantitative estimate of drug-likeness (QED) is 0.707. The van der Waals surface area contributed by atoms with Crippen LogP contribution in [0.15, 0.2) is 6.07 Å². The molecule has 2 amide bonds. The van der Waals surface area contributed by atoms with Crippen LogP contribution in [0, 0.1) is 25.2 Å². The molecule has 1 unspecified atom stereocenters. The number of nitrogens with one attached hydrogen (secondary N) is 2. The van der Waals surface area contributed by atoms with Crippen molar-refractivity contribution in [1.82, 2.24) is 20.4 Å². The number of amides is 2. The molecule has 1 saturated carbocycles. The molecule has 1 fully saturated rings. The Morgan fingerprint density at radius 3 is 2.71 bits per heavy atom. The highest BCUT2D eigenvalue weighted by atomic mass is 16.3. The van der Waals surface area contributed by atoms with Gasteiger partial charge in [0.1, 0.15) is 0 Å². The number of nitrogens with zero attached hydrogens (tertiary/aromatic N) is 2. The maximum Gasteiger partial charge on any atom is 0.314 e. The molecule has 1 aliphatic carbocycles. The molecule has 1 aromatic heterocycles. The van der Waals surface area contributed by atoms with Gasteiger partial charge in [-0.25, -0.2) is 4.79 Å². The van der Waals surface area contributed by atoms with Crippen molar-refractivity contribution >= 4 is 6.03 Å². The smallest absolute Gasteiger partial charge is 0.314 e. The highest BCUT2D eigenvalue weighted by Gasteiger charge is 2.42. The van der Waals surface area contributed by atoms with E-state index in [2.05, 4.69) is 28.7 Å². The minimum atomic E-state index is -0.157. The van der Waals surface area contributed by atoms with Gasteiger partial charge in [-0.3, -0.25) is 4.68 Å². The Labute approximate surface area is 125 Å². The fourth-order valence-corrected chi connectivity index (χ4v) is 2.38. The first-order valence-electron chi connectivity index (χ1n) is 7.58. The zero-order valence-corrected chi connectivity index (χ0v) is 13.1. The maximum atomic E-state index is 11.7. The van der Waals surface area contributed by atoms with E-state index in [4.69, 9.17) is 0 Å². The van der Waals surface area contributed by atoms with Crippen LogP contribution in [0.1, 0.15) is 31.2 Å². The molecular weight excluding hydrogens is 268 g/mol. The van der Waals surface area contributed by atoms with Gasteiger partial charge < -0.3 is 15.7 Å². The average molecular weight is 294 g/mol. The molecule has 1 atom stereocenters. The summed E-state index contributed by atoms with van der Waals surface area (Å²) in [4.78, 5) is 11.7. The first-order chi connectivity index (χ1) is 9.94. The van der Waals surface area contributed by atoms with Gasteiger partial charge in [-0.05, 0) is 38.7 Å². The van der Waals surface area contributed by atoms with Gasteiger partial charge in [-0.15, -0.1) is 0 Å². The van der Waals surface area contributed by atoms with Gasteiger partial charge in [-0.2, -0.15) is 5.10 Å². The van der Waals surface area contributed by atoms with Crippen molar-refractivity contribution in [3.63, 3.8) is 0 Å². The van der Waals surface area contributed by atoms with E-state index in [1.165, 1.54) is 0 Å². The third kappa shape index (κ3) is 4.46. The second kappa shape index (κ2) is 6.47. The second-order valence-electron chi connectivity index (χ2n) is 6.44. The summed E-state index contributed by atoms with van der Waals surface area (Å²) in [7, 11) is 0. The van der Waals surface area contributed by atoms with Crippen molar-refractivity contribution in [2.24, 2.45) is 11.3 Å². The van der Waals surface area contributed by atoms with Crippen LogP contribution in [-0.4, -0.2) is 40.6 Å². The fourth-order valence-electron chi connectivity index (χ4n) is 2.38. The van der Waals surface area contributed by atoms with E-state index in [1.54, 1.807) is 0 Å². The fraction of sp³-hybridized carbons (Fsp3) is 0.733. The topological polar surface area (TPSA) is 79.2 Å². The van der Waals surface area contributed by atoms with Crippen LogP contribution >= 0.6 is 0 Å². The summed E-state index contributed by atoms with van der Waals surface area (Å²) in [5.74, 6) is 0.307. The molecule has 0 saturated heterocycles. The Morgan fingerprint density at radius 1 is 1.48 bits per heavy atom. The van der Waals surface area contributed by atoms with Crippen molar-refractivity contribution in [2.75, 3.05) is 19.7 Å². The average Bonchev–Trinajstić information content (AvgIpc) is 3.16. The van der Waals surface area contributed by atoms with Crippen molar-refractivity contribution in [3.05, 3.63) is 17.5 Å². The summed E-state index contributed by atoms with van der Waals surface area (Å²) in [5, 5.41) is 19.3. The van der Waals surface area contributed by atoms with E-state index in [-0.39, 0.29) is 18.1 Å². The summed E-state index contributed by atoms with van der Waals surface area (Å²) in [5.41, 5.74) is 2.11. The number of aliphatic hydroxyl groups is 1. The molecule has 6 nitrogen and oxygen atoms in total. The van der Waals surface area contributed by atoms with Gasteiger partial charge in [0.2, 0.25) is 0 Å². The van der Waals surface area contributed by atoms with Gasteiger partial charge in [0.15, 0.2) is 0 Å². The number of carbonyl (C=O) groups is 1. The lowest BCUT2D eigenvalue weighted by molar-refractivity contribution is 0.202. The number of aliphatic hydroxyl groups excluding tert-OH is 1. The number of aromatic nitrogens is 2. The summed E-state index contributed by atoms with van der Waals surface area (Å²) in [6, 6.07) is 1.89. The van der Waals surface area contributed by atoms with Gasteiger partial charge in [-0.1, -0.05) is 6.92 Å². The monoisotopic (exact) mass is 294 g/mol. The summed E-state index contributed by atoms with van der Waals surface area (Å²) in [6.07, 6.45) is 2.00. The largest absolute Gasteiger partial charge is 0.396 e. The lowest BCUT2D eigenvalue weighted by Crippen LogP contribution is -2.41. The van der Waals surface area contributed by atoms with Crippen LogP contribution < -0.4 is 10.6 Å². The molecule has 3 N–H and O–H groups in total. The second-order valence-corrected chi connectivity index (χ2v) is 6.44. The first kappa shape index (κ1) is 15.8. The molecular formula is C15H26N4O2. The number of rotatable bonds is 7. The Kier molecular flexibility index (Phi) is 4.88. The summed E-state index contributed by atoms with van der Waals surface area (Å²) < 4.78 is 1.98. The van der Waals surface area contributed by atoms with Crippen LogP contribution in [0.3, 0.4) is 0 Å². The molecule has 118 valence electrons. The normalized spacial score (nSPS) is 17.3. The molecule has 0 bridgehead atoms. The highest BCUT2D eigenvalue weighted by Crippen LogP contribution is 2.44. The van der Waals surface area contributed by atoms with Crippen LogP contribution in [0.4, 0.5) is 4.79 Å². The Hall–Kier alpha value is -1.56. The summed E-state index contributed by atoms with van der Waals surface area (Å²) in [6.45, 7) is 8.22. The van der Waals surface area contributed by atoms with E-state index in [9.17, 15) is 9.90 Å². The van der Waals surface area contributed by atoms with E-state index >= 15 is 0 Å². The standard InChI is InChI=1S/C15H26N4O2/c1-11(8-19-13(3)6-12(2)18-19)7-16-14(21)17-9-15(10-20)4-5-15/h6,11,20H,4-5,7-10H2,1-3H3,(H2,16,17,21). The molecule has 0 aromatic carbocycles. The number of urea groups is 1. The Bertz CT molecular complexity index is 494. The molecule has 2 rings (SSSR count). The zero-order valence-electron chi connectivity index (χ0n) is 13.1. The predicted molar refractivity (Wildman–Crippen MR) is 81.0 cm³/mol. The van der Waals surface area contributed by atoms with E-state index < -0.39 is 0 Å². The zero-order chi connectivity index (χ0) is 15.5. The van der Waals surface area contributed by atoms with Gasteiger partial charge in [0.25, 0.3) is 0 Å².